The molecule has 2 heterocycles. The number of halogens is 1. The number of nitrogens with one attached hydrogen (secondary N) is 1. The summed E-state index contributed by atoms with van der Waals surface area (Å²) in [6, 6.07) is 1.89. The van der Waals surface area contributed by atoms with Crippen molar-refractivity contribution in [2.45, 2.75) is 20.4 Å². The molecular weight excluding hydrogens is 320 g/mol. The van der Waals surface area contributed by atoms with Gasteiger partial charge in [-0.2, -0.15) is 0 Å². The quantitative estimate of drug-likeness (QED) is 0.935. The molecule has 0 fully saturated rings. The van der Waals surface area contributed by atoms with Crippen molar-refractivity contribution in [3.05, 3.63) is 36.4 Å². The van der Waals surface area contributed by atoms with E-state index in [0.29, 0.717) is 6.54 Å². The number of amides is 1. The van der Waals surface area contributed by atoms with E-state index < -0.39 is 0 Å². The Hall–Kier alpha value is -0.720. The number of hydrogen-bond donors (Lipinski definition) is 1. The zero-order valence-electron chi connectivity index (χ0n) is 9.41. The van der Waals surface area contributed by atoms with E-state index in [-0.39, 0.29) is 5.91 Å². The zero-order chi connectivity index (χ0) is 12.4. The van der Waals surface area contributed by atoms with Crippen LogP contribution in [0.25, 0.3) is 0 Å². The van der Waals surface area contributed by atoms with E-state index in [4.69, 9.17) is 0 Å². The third-order valence-electron chi connectivity index (χ3n) is 2.15. The summed E-state index contributed by atoms with van der Waals surface area (Å²) < 4.78 is 1.01. The number of carbonyl (C=O) groups is 1. The Bertz CT molecular complexity index is 528. The fraction of sp³-hybridized carbons (Fsp3) is 0.273. The van der Waals surface area contributed by atoms with Crippen LogP contribution >= 0.6 is 38.6 Å². The van der Waals surface area contributed by atoms with E-state index >= 15 is 0 Å². The third kappa shape index (κ3) is 3.14. The molecule has 2 rings (SSSR count). The molecule has 0 aliphatic rings. The summed E-state index contributed by atoms with van der Waals surface area (Å²) in [4.78, 5) is 17.9. The predicted molar refractivity (Wildman–Crippen MR) is 74.8 cm³/mol. The molecular formula is C11H11BrN2OS2. The lowest BCUT2D eigenvalue weighted by atomic mass is 10.3. The van der Waals surface area contributed by atoms with Crippen molar-refractivity contribution < 1.29 is 4.79 Å². The highest BCUT2D eigenvalue weighted by Crippen LogP contribution is 2.27. The zero-order valence-corrected chi connectivity index (χ0v) is 12.6. The largest absolute Gasteiger partial charge is 0.345 e. The number of aryl methyl sites for hydroxylation is 2. The van der Waals surface area contributed by atoms with Crippen LogP contribution in [-0.4, -0.2) is 10.9 Å². The minimum absolute atomic E-state index is 0.0448. The average molecular weight is 331 g/mol. The minimum Gasteiger partial charge on any atom is -0.345 e. The molecule has 0 aromatic carbocycles. The third-order valence-corrected chi connectivity index (χ3v) is 5.20. The molecule has 2 aromatic heterocycles. The van der Waals surface area contributed by atoms with Gasteiger partial charge in [0.1, 0.15) is 5.01 Å². The Morgan fingerprint density at radius 3 is 2.76 bits per heavy atom. The molecule has 6 heteroatoms. The molecule has 0 unspecified atom stereocenters. The van der Waals surface area contributed by atoms with Crippen molar-refractivity contribution in [3.8, 4) is 0 Å². The fourth-order valence-corrected chi connectivity index (χ4v) is 3.48. The maximum atomic E-state index is 11.8. The molecule has 17 heavy (non-hydrogen) atoms. The van der Waals surface area contributed by atoms with Gasteiger partial charge in [0, 0.05) is 11.1 Å². The maximum absolute atomic E-state index is 11.8. The topological polar surface area (TPSA) is 42.0 Å². The van der Waals surface area contributed by atoms with Crippen LogP contribution in [0.3, 0.4) is 0 Å². The molecule has 1 amide bonds. The SMILES string of the molecule is Cc1cnc(CNC(=O)c2cc(C)c(Br)s2)s1. The minimum atomic E-state index is -0.0448. The summed E-state index contributed by atoms with van der Waals surface area (Å²) in [5.74, 6) is -0.0448. The Kier molecular flexibility index (Phi) is 3.96. The summed E-state index contributed by atoms with van der Waals surface area (Å²) in [5, 5.41) is 3.80. The standard InChI is InChI=1S/C11H11BrN2OS2/c1-6-3-8(17-10(6)12)11(15)14-5-9-13-4-7(2)16-9/h3-4H,5H2,1-2H3,(H,14,15). The van der Waals surface area contributed by atoms with Gasteiger partial charge < -0.3 is 5.32 Å². The second-order valence-electron chi connectivity index (χ2n) is 3.61. The fourth-order valence-electron chi connectivity index (χ4n) is 1.30. The smallest absolute Gasteiger partial charge is 0.261 e. The molecule has 3 nitrogen and oxygen atoms in total. The second kappa shape index (κ2) is 5.29. The number of hydrogen-bond acceptors (Lipinski definition) is 4. The highest BCUT2D eigenvalue weighted by atomic mass is 79.9. The Morgan fingerprint density at radius 2 is 2.24 bits per heavy atom. The van der Waals surface area contributed by atoms with Crippen molar-refractivity contribution in [3.63, 3.8) is 0 Å². The molecule has 2 aromatic rings. The van der Waals surface area contributed by atoms with Crippen LogP contribution in [0.4, 0.5) is 0 Å². The van der Waals surface area contributed by atoms with Gasteiger partial charge in [0.2, 0.25) is 0 Å². The molecule has 1 N–H and O–H groups in total. The van der Waals surface area contributed by atoms with Gasteiger partial charge in [-0.15, -0.1) is 22.7 Å². The van der Waals surface area contributed by atoms with Crippen LogP contribution in [0.5, 0.6) is 0 Å². The molecule has 90 valence electrons. The van der Waals surface area contributed by atoms with Crippen molar-refractivity contribution >= 4 is 44.5 Å². The average Bonchev–Trinajstić information content (AvgIpc) is 2.83. The predicted octanol–water partition coefficient (Wildman–Crippen LogP) is 3.51. The van der Waals surface area contributed by atoms with E-state index in [0.717, 1.165) is 24.1 Å². The lowest BCUT2D eigenvalue weighted by molar-refractivity contribution is 0.0955. The van der Waals surface area contributed by atoms with Crippen LogP contribution < -0.4 is 5.32 Å². The van der Waals surface area contributed by atoms with Gasteiger partial charge in [0.05, 0.1) is 15.2 Å². The second-order valence-corrected chi connectivity index (χ2v) is 7.30. The van der Waals surface area contributed by atoms with Gasteiger partial charge in [-0.3, -0.25) is 4.79 Å². The number of carbonyl (C=O) groups excluding carboxylic acids is 1. The first-order valence-corrected chi connectivity index (χ1v) is 7.44. The summed E-state index contributed by atoms with van der Waals surface area (Å²) >= 11 is 6.46. The summed E-state index contributed by atoms with van der Waals surface area (Å²) in [5.41, 5.74) is 1.09. The molecule has 0 aliphatic carbocycles. The Morgan fingerprint density at radius 1 is 1.47 bits per heavy atom. The molecule has 0 bridgehead atoms. The molecule has 0 spiro atoms. The Labute approximate surface area is 116 Å². The van der Waals surface area contributed by atoms with Crippen molar-refractivity contribution in [2.75, 3.05) is 0 Å². The van der Waals surface area contributed by atoms with E-state index in [1.165, 1.54) is 11.3 Å². The highest BCUT2D eigenvalue weighted by Gasteiger charge is 2.11. The lowest BCUT2D eigenvalue weighted by Gasteiger charge is -1.99. The van der Waals surface area contributed by atoms with E-state index in [2.05, 4.69) is 26.2 Å². The van der Waals surface area contributed by atoms with Gasteiger partial charge in [-0.1, -0.05) is 0 Å². The van der Waals surface area contributed by atoms with Crippen molar-refractivity contribution in [2.24, 2.45) is 0 Å². The summed E-state index contributed by atoms with van der Waals surface area (Å²) in [6.07, 6.45) is 1.82. The van der Waals surface area contributed by atoms with Crippen LogP contribution in [0.2, 0.25) is 0 Å². The van der Waals surface area contributed by atoms with E-state index in [1.807, 2.05) is 26.1 Å². The van der Waals surface area contributed by atoms with Gasteiger partial charge in [0.15, 0.2) is 0 Å². The number of thiophene rings is 1. The first kappa shape index (κ1) is 12.7. The van der Waals surface area contributed by atoms with Gasteiger partial charge in [-0.05, 0) is 41.4 Å². The molecule has 0 saturated carbocycles. The van der Waals surface area contributed by atoms with Crippen LogP contribution in [0, 0.1) is 13.8 Å². The highest BCUT2D eigenvalue weighted by molar-refractivity contribution is 9.11. The number of rotatable bonds is 3. The summed E-state index contributed by atoms with van der Waals surface area (Å²) in [6.45, 7) is 4.47. The van der Waals surface area contributed by atoms with Crippen LogP contribution in [-0.2, 0) is 6.54 Å². The van der Waals surface area contributed by atoms with Crippen molar-refractivity contribution in [1.29, 1.82) is 0 Å². The van der Waals surface area contributed by atoms with Gasteiger partial charge >= 0.3 is 0 Å². The van der Waals surface area contributed by atoms with Crippen LogP contribution in [0.15, 0.2) is 16.0 Å². The first-order valence-electron chi connectivity index (χ1n) is 5.01. The van der Waals surface area contributed by atoms with Gasteiger partial charge in [-0.25, -0.2) is 4.98 Å². The Balaban J connectivity index is 1.98. The van der Waals surface area contributed by atoms with Crippen molar-refractivity contribution in [1.82, 2.24) is 10.3 Å². The molecule has 0 saturated heterocycles. The van der Waals surface area contributed by atoms with Crippen LogP contribution in [0.1, 0.15) is 25.1 Å². The monoisotopic (exact) mass is 330 g/mol. The number of nitrogens with zero attached hydrogens (tertiary/aromatic N) is 1. The first-order chi connectivity index (χ1) is 8.06. The lowest BCUT2D eigenvalue weighted by Crippen LogP contribution is -2.21. The van der Waals surface area contributed by atoms with E-state index in [1.54, 1.807) is 11.3 Å². The molecule has 0 atom stereocenters. The number of thiazole rings is 1. The normalized spacial score (nSPS) is 10.5. The summed E-state index contributed by atoms with van der Waals surface area (Å²) in [7, 11) is 0. The number of aromatic nitrogens is 1. The van der Waals surface area contributed by atoms with E-state index in [9.17, 15) is 4.79 Å². The molecule has 0 radical (unpaired) electrons. The molecule has 0 aliphatic heterocycles. The maximum Gasteiger partial charge on any atom is 0.261 e. The van der Waals surface area contributed by atoms with Gasteiger partial charge in [0.25, 0.3) is 5.91 Å².